The molecule has 3 nitrogen and oxygen atoms in total. The summed E-state index contributed by atoms with van der Waals surface area (Å²) in [6.45, 7) is 3.59. The smallest absolute Gasteiger partial charge is 0.250 e. The molecule has 0 N–H and O–H groups in total. The minimum atomic E-state index is -0.421. The molecule has 1 fully saturated rings. The largest absolute Gasteiger partial charge is 0.474 e. The molecule has 16 heavy (non-hydrogen) atoms. The number of hydrogen-bond acceptors (Lipinski definition) is 3. The number of hydrogen-bond donors (Lipinski definition) is 0. The van der Waals surface area contributed by atoms with Gasteiger partial charge in [-0.1, -0.05) is 0 Å². The molecule has 1 aliphatic heterocycles. The minimum absolute atomic E-state index is 0.0856. The van der Waals surface area contributed by atoms with Crippen molar-refractivity contribution in [3.63, 3.8) is 0 Å². The van der Waals surface area contributed by atoms with E-state index in [1.165, 1.54) is 25.1 Å². The van der Waals surface area contributed by atoms with E-state index in [-0.39, 0.29) is 5.88 Å². The molecule has 0 spiro atoms. The molecule has 0 unspecified atom stereocenters. The number of pyridine rings is 1. The van der Waals surface area contributed by atoms with Gasteiger partial charge in [0.1, 0.15) is 6.61 Å². The van der Waals surface area contributed by atoms with Crippen LogP contribution >= 0.6 is 15.9 Å². The number of rotatable bonds is 4. The molecule has 0 amide bonds. The zero-order chi connectivity index (χ0) is 11.4. The van der Waals surface area contributed by atoms with Crippen molar-refractivity contribution in [1.82, 2.24) is 9.88 Å². The highest BCUT2D eigenvalue weighted by molar-refractivity contribution is 9.10. The molecule has 0 bridgehead atoms. The van der Waals surface area contributed by atoms with E-state index in [0.717, 1.165) is 19.6 Å². The van der Waals surface area contributed by atoms with Crippen LogP contribution < -0.4 is 4.74 Å². The summed E-state index contributed by atoms with van der Waals surface area (Å²) in [6, 6.07) is 1.36. The van der Waals surface area contributed by atoms with E-state index in [4.69, 9.17) is 4.74 Å². The molecule has 0 aromatic carbocycles. The van der Waals surface area contributed by atoms with Gasteiger partial charge in [-0.3, -0.25) is 4.90 Å². The fourth-order valence-corrected chi connectivity index (χ4v) is 2.09. The number of ether oxygens (including phenoxy) is 1. The molecular formula is C11H14BrFN2O. The van der Waals surface area contributed by atoms with E-state index >= 15 is 0 Å². The Balaban J connectivity index is 1.80. The lowest BCUT2D eigenvalue weighted by molar-refractivity contribution is 0.224. The maximum atomic E-state index is 13.3. The summed E-state index contributed by atoms with van der Waals surface area (Å²) in [5, 5.41) is 0. The normalized spacial score (nSPS) is 16.6. The van der Waals surface area contributed by atoms with Crippen molar-refractivity contribution in [1.29, 1.82) is 0 Å². The third-order valence-corrected chi connectivity index (χ3v) is 3.05. The van der Waals surface area contributed by atoms with Gasteiger partial charge in [-0.15, -0.1) is 0 Å². The van der Waals surface area contributed by atoms with E-state index < -0.39 is 5.82 Å². The van der Waals surface area contributed by atoms with Crippen LogP contribution in [0.4, 0.5) is 4.39 Å². The van der Waals surface area contributed by atoms with Crippen LogP contribution in [0.2, 0.25) is 0 Å². The Kier molecular flexibility index (Phi) is 4.12. The average molecular weight is 289 g/mol. The van der Waals surface area contributed by atoms with Gasteiger partial charge < -0.3 is 4.74 Å². The first kappa shape index (κ1) is 11.8. The van der Waals surface area contributed by atoms with Gasteiger partial charge in [0, 0.05) is 17.2 Å². The first-order valence-electron chi connectivity index (χ1n) is 5.42. The van der Waals surface area contributed by atoms with E-state index in [1.807, 2.05) is 0 Å². The van der Waals surface area contributed by atoms with Gasteiger partial charge in [-0.2, -0.15) is 0 Å². The second-order valence-electron chi connectivity index (χ2n) is 3.84. The van der Waals surface area contributed by atoms with E-state index in [2.05, 4.69) is 25.8 Å². The van der Waals surface area contributed by atoms with Crippen LogP contribution in [0, 0.1) is 5.82 Å². The monoisotopic (exact) mass is 288 g/mol. The maximum Gasteiger partial charge on any atom is 0.250 e. The van der Waals surface area contributed by atoms with Gasteiger partial charge in [0.25, 0.3) is 0 Å². The molecule has 1 aromatic rings. The number of likely N-dealkylation sites (tertiary alicyclic amines) is 1. The summed E-state index contributed by atoms with van der Waals surface area (Å²) in [5.41, 5.74) is 0. The molecular weight excluding hydrogens is 275 g/mol. The summed E-state index contributed by atoms with van der Waals surface area (Å²) in [6.07, 6.45) is 4.05. The molecule has 5 heteroatoms. The Morgan fingerprint density at radius 1 is 1.44 bits per heavy atom. The molecule has 0 radical (unpaired) electrons. The Bertz CT molecular complexity index is 356. The molecule has 1 saturated heterocycles. The molecule has 1 aliphatic rings. The molecule has 2 heterocycles. The summed E-state index contributed by atoms with van der Waals surface area (Å²) < 4.78 is 19.2. The quantitative estimate of drug-likeness (QED) is 0.851. The highest BCUT2D eigenvalue weighted by atomic mass is 79.9. The van der Waals surface area contributed by atoms with Gasteiger partial charge in [0.15, 0.2) is 5.82 Å². The summed E-state index contributed by atoms with van der Waals surface area (Å²) >= 11 is 3.15. The van der Waals surface area contributed by atoms with E-state index in [0.29, 0.717) is 11.1 Å². The van der Waals surface area contributed by atoms with Gasteiger partial charge in [0.2, 0.25) is 5.88 Å². The summed E-state index contributed by atoms with van der Waals surface area (Å²) in [7, 11) is 0. The minimum Gasteiger partial charge on any atom is -0.474 e. The molecule has 0 saturated carbocycles. The van der Waals surface area contributed by atoms with E-state index in [9.17, 15) is 4.39 Å². The molecule has 0 aliphatic carbocycles. The third kappa shape index (κ3) is 3.15. The second kappa shape index (κ2) is 5.59. The number of halogens is 2. The summed E-state index contributed by atoms with van der Waals surface area (Å²) in [4.78, 5) is 6.20. The molecule has 0 atom stereocenters. The van der Waals surface area contributed by atoms with Crippen molar-refractivity contribution in [2.75, 3.05) is 26.2 Å². The Hall–Kier alpha value is -0.680. The summed E-state index contributed by atoms with van der Waals surface area (Å²) in [5.74, 6) is -0.335. The molecule has 88 valence electrons. The lowest BCUT2D eigenvalue weighted by atomic mass is 10.4. The van der Waals surface area contributed by atoms with Gasteiger partial charge in [0.05, 0.1) is 0 Å². The SMILES string of the molecule is Fc1cc(Br)cnc1OCCN1CCCC1. The van der Waals surface area contributed by atoms with Crippen LogP contribution in [0.3, 0.4) is 0 Å². The number of nitrogens with zero attached hydrogens (tertiary/aromatic N) is 2. The predicted molar refractivity (Wildman–Crippen MR) is 63.1 cm³/mol. The van der Waals surface area contributed by atoms with Crippen molar-refractivity contribution < 1.29 is 9.13 Å². The Morgan fingerprint density at radius 2 is 2.19 bits per heavy atom. The molecule has 2 rings (SSSR count). The standard InChI is InChI=1S/C11H14BrFN2O/c12-9-7-10(13)11(14-8-9)16-6-5-15-3-1-2-4-15/h7-8H,1-6H2. The third-order valence-electron chi connectivity index (χ3n) is 2.62. The fourth-order valence-electron chi connectivity index (χ4n) is 1.79. The first-order valence-corrected chi connectivity index (χ1v) is 6.21. The van der Waals surface area contributed by atoms with E-state index in [1.54, 1.807) is 0 Å². The highest BCUT2D eigenvalue weighted by Gasteiger charge is 2.12. The maximum absolute atomic E-state index is 13.3. The lowest BCUT2D eigenvalue weighted by Crippen LogP contribution is -2.25. The van der Waals surface area contributed by atoms with Crippen molar-refractivity contribution in [2.24, 2.45) is 0 Å². The Morgan fingerprint density at radius 3 is 2.88 bits per heavy atom. The van der Waals surface area contributed by atoms with Crippen molar-refractivity contribution in [3.05, 3.63) is 22.6 Å². The Labute approximate surface area is 103 Å². The van der Waals surface area contributed by atoms with Crippen molar-refractivity contribution in [3.8, 4) is 5.88 Å². The highest BCUT2D eigenvalue weighted by Crippen LogP contribution is 2.18. The van der Waals surface area contributed by atoms with Gasteiger partial charge in [-0.25, -0.2) is 9.37 Å². The van der Waals surface area contributed by atoms with Crippen LogP contribution in [0.5, 0.6) is 5.88 Å². The number of aromatic nitrogens is 1. The zero-order valence-electron chi connectivity index (χ0n) is 8.96. The van der Waals surface area contributed by atoms with Crippen LogP contribution in [-0.4, -0.2) is 36.1 Å². The van der Waals surface area contributed by atoms with Crippen molar-refractivity contribution in [2.45, 2.75) is 12.8 Å². The fraction of sp³-hybridized carbons (Fsp3) is 0.545. The topological polar surface area (TPSA) is 25.4 Å². The molecule has 1 aromatic heterocycles. The van der Waals surface area contributed by atoms with Crippen LogP contribution in [0.25, 0.3) is 0 Å². The van der Waals surface area contributed by atoms with Crippen LogP contribution in [-0.2, 0) is 0 Å². The lowest BCUT2D eigenvalue weighted by Gasteiger charge is -2.14. The van der Waals surface area contributed by atoms with Gasteiger partial charge in [-0.05, 0) is 47.9 Å². The second-order valence-corrected chi connectivity index (χ2v) is 4.75. The van der Waals surface area contributed by atoms with Crippen LogP contribution in [0.1, 0.15) is 12.8 Å². The van der Waals surface area contributed by atoms with Crippen LogP contribution in [0.15, 0.2) is 16.7 Å². The predicted octanol–water partition coefficient (Wildman–Crippen LogP) is 2.46. The zero-order valence-corrected chi connectivity index (χ0v) is 10.5. The van der Waals surface area contributed by atoms with Gasteiger partial charge >= 0.3 is 0 Å². The average Bonchev–Trinajstić information content (AvgIpc) is 2.74. The van der Waals surface area contributed by atoms with Crippen molar-refractivity contribution >= 4 is 15.9 Å². The first-order chi connectivity index (χ1) is 7.75.